The van der Waals surface area contributed by atoms with Crippen molar-refractivity contribution >= 4 is 18.1 Å². The molecule has 1 aromatic carbocycles. The zero-order valence-corrected chi connectivity index (χ0v) is 21.5. The maximum atomic E-state index is 14.7. The molecular weight excluding hydrogens is 459 g/mol. The summed E-state index contributed by atoms with van der Waals surface area (Å²) in [6.45, 7) is 4.65. The lowest BCUT2D eigenvalue weighted by atomic mass is 9.70. The van der Waals surface area contributed by atoms with Crippen molar-refractivity contribution in [2.24, 2.45) is 29.1 Å². The van der Waals surface area contributed by atoms with Crippen molar-refractivity contribution in [1.29, 1.82) is 0 Å². The molecule has 4 unspecified atom stereocenters. The first-order chi connectivity index (χ1) is 17.3. The predicted octanol–water partition coefficient (Wildman–Crippen LogP) is 4.72. The van der Waals surface area contributed by atoms with Crippen molar-refractivity contribution in [3.63, 3.8) is 0 Å². The van der Waals surface area contributed by atoms with E-state index in [1.165, 1.54) is 18.6 Å². The molecule has 4 aliphatic rings. The van der Waals surface area contributed by atoms with E-state index in [0.717, 1.165) is 51.2 Å². The molecule has 5 rings (SSSR count). The molecule has 2 N–H and O–H groups in total. The van der Waals surface area contributed by atoms with Crippen molar-refractivity contribution < 1.29 is 23.5 Å². The number of ether oxygens (including phenoxy) is 1. The molecule has 0 aromatic heterocycles. The highest BCUT2D eigenvalue weighted by Gasteiger charge is 2.51. The Morgan fingerprint density at radius 2 is 1.83 bits per heavy atom. The average molecular weight is 499 g/mol. The SMILES string of the molecule is Cc1cc(F)c(OC2CCC(C=O)CC2)cc1C(=O)NC1C2CCC(C2)C1C(=O)NCC1(C)CCC1. The van der Waals surface area contributed by atoms with Crippen LogP contribution in [0.3, 0.4) is 0 Å². The van der Waals surface area contributed by atoms with Crippen LogP contribution < -0.4 is 15.4 Å². The Bertz CT molecular complexity index is 1010. The van der Waals surface area contributed by atoms with Crippen LogP contribution in [-0.2, 0) is 9.59 Å². The number of aryl methyl sites for hydroxylation is 1. The van der Waals surface area contributed by atoms with Gasteiger partial charge < -0.3 is 20.2 Å². The number of amides is 2. The topological polar surface area (TPSA) is 84.5 Å². The van der Waals surface area contributed by atoms with Gasteiger partial charge in [-0.1, -0.05) is 13.3 Å². The monoisotopic (exact) mass is 498 g/mol. The minimum absolute atomic E-state index is 0.0533. The summed E-state index contributed by atoms with van der Waals surface area (Å²) < 4.78 is 20.7. The van der Waals surface area contributed by atoms with Gasteiger partial charge in [0.2, 0.25) is 5.91 Å². The second-order valence-electron chi connectivity index (χ2n) is 12.1. The molecule has 0 heterocycles. The number of nitrogens with one attached hydrogen (secondary N) is 2. The first-order valence-electron chi connectivity index (χ1n) is 13.8. The fourth-order valence-corrected chi connectivity index (χ4v) is 6.99. The van der Waals surface area contributed by atoms with E-state index in [9.17, 15) is 18.8 Å². The number of aldehydes is 1. The number of halogens is 1. The maximum absolute atomic E-state index is 14.7. The first kappa shape index (κ1) is 25.2. The van der Waals surface area contributed by atoms with Gasteiger partial charge >= 0.3 is 0 Å². The third kappa shape index (κ3) is 5.03. The minimum Gasteiger partial charge on any atom is -0.487 e. The van der Waals surface area contributed by atoms with Gasteiger partial charge in [-0.2, -0.15) is 0 Å². The van der Waals surface area contributed by atoms with Crippen molar-refractivity contribution in [3.8, 4) is 5.75 Å². The van der Waals surface area contributed by atoms with Gasteiger partial charge in [0.1, 0.15) is 6.29 Å². The lowest BCUT2D eigenvalue weighted by Gasteiger charge is -2.39. The summed E-state index contributed by atoms with van der Waals surface area (Å²) in [6, 6.07) is 2.66. The van der Waals surface area contributed by atoms with Gasteiger partial charge in [0, 0.05) is 24.1 Å². The number of hydrogen-bond donors (Lipinski definition) is 2. The molecule has 7 heteroatoms. The summed E-state index contributed by atoms with van der Waals surface area (Å²) >= 11 is 0. The quantitative estimate of drug-likeness (QED) is 0.508. The Morgan fingerprint density at radius 3 is 2.50 bits per heavy atom. The first-order valence-corrected chi connectivity index (χ1v) is 13.8. The third-order valence-electron chi connectivity index (χ3n) is 9.50. The molecule has 4 atom stereocenters. The molecule has 2 bridgehead atoms. The molecule has 36 heavy (non-hydrogen) atoms. The van der Waals surface area contributed by atoms with Crippen LogP contribution in [0, 0.1) is 41.8 Å². The Kier molecular flexibility index (Phi) is 7.10. The highest BCUT2D eigenvalue weighted by Crippen LogP contribution is 2.49. The molecule has 4 aliphatic carbocycles. The molecule has 4 fully saturated rings. The molecule has 4 saturated carbocycles. The highest BCUT2D eigenvalue weighted by molar-refractivity contribution is 5.96. The molecule has 0 spiro atoms. The Balaban J connectivity index is 1.26. The molecular formula is C29H39FN2O4. The number of rotatable bonds is 8. The summed E-state index contributed by atoms with van der Waals surface area (Å²) in [5.41, 5.74) is 1.14. The lowest BCUT2D eigenvalue weighted by Crippen LogP contribution is -2.51. The predicted molar refractivity (Wildman–Crippen MR) is 134 cm³/mol. The van der Waals surface area contributed by atoms with E-state index in [0.29, 0.717) is 42.3 Å². The largest absolute Gasteiger partial charge is 0.487 e. The summed E-state index contributed by atoms with van der Waals surface area (Å²) in [5.74, 6) is -0.157. The zero-order valence-electron chi connectivity index (χ0n) is 21.5. The van der Waals surface area contributed by atoms with E-state index in [1.807, 2.05) is 0 Å². The fraction of sp³-hybridized carbons (Fsp3) is 0.690. The maximum Gasteiger partial charge on any atom is 0.251 e. The molecule has 2 amide bonds. The Hall–Kier alpha value is -2.44. The Morgan fingerprint density at radius 1 is 1.11 bits per heavy atom. The molecule has 0 radical (unpaired) electrons. The number of carbonyl (C=O) groups excluding carboxylic acids is 3. The van der Waals surface area contributed by atoms with Crippen LogP contribution in [0.15, 0.2) is 12.1 Å². The second kappa shape index (κ2) is 10.1. The summed E-state index contributed by atoms with van der Waals surface area (Å²) in [5, 5.41) is 6.36. The number of benzene rings is 1. The van der Waals surface area contributed by atoms with Gasteiger partial charge in [-0.15, -0.1) is 0 Å². The van der Waals surface area contributed by atoms with E-state index in [-0.39, 0.29) is 47.0 Å². The van der Waals surface area contributed by atoms with E-state index in [4.69, 9.17) is 4.74 Å². The van der Waals surface area contributed by atoms with Crippen LogP contribution >= 0.6 is 0 Å². The molecule has 6 nitrogen and oxygen atoms in total. The van der Waals surface area contributed by atoms with E-state index >= 15 is 0 Å². The van der Waals surface area contributed by atoms with Crippen LogP contribution in [0.1, 0.15) is 87.1 Å². The van der Waals surface area contributed by atoms with E-state index in [2.05, 4.69) is 17.6 Å². The summed E-state index contributed by atoms with van der Waals surface area (Å²) in [6.07, 6.45) is 10.2. The van der Waals surface area contributed by atoms with Crippen molar-refractivity contribution in [2.45, 2.75) is 90.2 Å². The van der Waals surface area contributed by atoms with Gasteiger partial charge in [0.15, 0.2) is 11.6 Å². The van der Waals surface area contributed by atoms with Crippen molar-refractivity contribution in [3.05, 3.63) is 29.1 Å². The van der Waals surface area contributed by atoms with Crippen LogP contribution in [-0.4, -0.2) is 36.8 Å². The third-order valence-corrected chi connectivity index (χ3v) is 9.50. The van der Waals surface area contributed by atoms with Crippen LogP contribution in [0.2, 0.25) is 0 Å². The Labute approximate surface area is 213 Å². The number of fused-ring (bicyclic) bond motifs is 2. The van der Waals surface area contributed by atoms with Crippen molar-refractivity contribution in [1.82, 2.24) is 10.6 Å². The zero-order chi connectivity index (χ0) is 25.4. The molecule has 1 aromatic rings. The van der Waals surface area contributed by atoms with Crippen molar-refractivity contribution in [2.75, 3.05) is 6.54 Å². The van der Waals surface area contributed by atoms with Gasteiger partial charge in [-0.3, -0.25) is 9.59 Å². The van der Waals surface area contributed by atoms with Gasteiger partial charge in [-0.25, -0.2) is 4.39 Å². The molecule has 196 valence electrons. The number of carbonyl (C=O) groups is 3. The normalized spacial score (nSPS) is 32.4. The van der Waals surface area contributed by atoms with Crippen LogP contribution in [0.5, 0.6) is 5.75 Å². The van der Waals surface area contributed by atoms with Gasteiger partial charge in [-0.05, 0) is 99.7 Å². The molecule has 0 aliphatic heterocycles. The summed E-state index contributed by atoms with van der Waals surface area (Å²) in [4.78, 5) is 37.7. The standard InChI is InChI=1S/C29H39FN2O4/c1-17-12-23(30)24(36-21-8-4-18(15-33)5-9-21)14-22(17)27(34)32-26-20-7-6-19(13-20)25(26)28(35)31-16-29(2)10-3-11-29/h12,14-15,18-21,25-26H,3-11,13,16H2,1-2H3,(H,31,35)(H,32,34). The fourth-order valence-electron chi connectivity index (χ4n) is 6.99. The minimum atomic E-state index is -0.483. The smallest absolute Gasteiger partial charge is 0.251 e. The van der Waals surface area contributed by atoms with Crippen LogP contribution in [0.25, 0.3) is 0 Å². The van der Waals surface area contributed by atoms with E-state index < -0.39 is 5.82 Å². The lowest BCUT2D eigenvalue weighted by molar-refractivity contribution is -0.128. The highest BCUT2D eigenvalue weighted by atomic mass is 19.1. The number of hydrogen-bond acceptors (Lipinski definition) is 4. The average Bonchev–Trinajstić information content (AvgIpc) is 3.45. The van der Waals surface area contributed by atoms with Gasteiger partial charge in [0.05, 0.1) is 12.0 Å². The summed E-state index contributed by atoms with van der Waals surface area (Å²) in [7, 11) is 0. The molecule has 0 saturated heterocycles. The second-order valence-corrected chi connectivity index (χ2v) is 12.1. The van der Waals surface area contributed by atoms with Crippen LogP contribution in [0.4, 0.5) is 4.39 Å². The van der Waals surface area contributed by atoms with Gasteiger partial charge in [0.25, 0.3) is 5.91 Å². The van der Waals surface area contributed by atoms with E-state index in [1.54, 1.807) is 6.92 Å².